The topological polar surface area (TPSA) is 90.7 Å². The minimum absolute atomic E-state index is 0.227. The molecule has 3 aromatic carbocycles. The number of carbonyl (C=O) groups is 2. The number of carbonyl (C=O) groups excluding carboxylic acids is 2. The van der Waals surface area contributed by atoms with Crippen molar-refractivity contribution in [3.05, 3.63) is 71.8 Å². The number of fused-ring (bicyclic) bond motifs is 1. The molecule has 0 saturated heterocycles. The second kappa shape index (κ2) is 8.23. The molecular formula is C21H20N2O4. The van der Waals surface area contributed by atoms with E-state index in [0.717, 1.165) is 22.1 Å². The molecule has 0 unspecified atom stereocenters. The normalized spacial score (nSPS) is 10.4. The van der Waals surface area contributed by atoms with Crippen molar-refractivity contribution in [1.82, 2.24) is 5.32 Å². The maximum Gasteiger partial charge on any atom is 0.255 e. The average Bonchev–Trinajstić information content (AvgIpc) is 2.70. The number of ether oxygens (including phenoxy) is 2. The monoisotopic (exact) mass is 364 g/mol. The fourth-order valence-electron chi connectivity index (χ4n) is 2.68. The number of methoxy groups -OCH3 is 1. The predicted octanol–water partition coefficient (Wildman–Crippen LogP) is 2.64. The van der Waals surface area contributed by atoms with Crippen LogP contribution in [0.3, 0.4) is 0 Å². The largest absolute Gasteiger partial charge is 0.497 e. The van der Waals surface area contributed by atoms with E-state index in [9.17, 15) is 9.59 Å². The van der Waals surface area contributed by atoms with Gasteiger partial charge in [-0.3, -0.25) is 9.59 Å². The van der Waals surface area contributed by atoms with Crippen molar-refractivity contribution < 1.29 is 19.1 Å². The maximum atomic E-state index is 12.4. The molecule has 0 atom stereocenters. The minimum atomic E-state index is -0.571. The molecular weight excluding hydrogens is 344 g/mol. The van der Waals surface area contributed by atoms with Gasteiger partial charge in [-0.1, -0.05) is 24.3 Å². The van der Waals surface area contributed by atoms with Gasteiger partial charge < -0.3 is 20.5 Å². The third-order valence-corrected chi connectivity index (χ3v) is 4.04. The summed E-state index contributed by atoms with van der Waals surface area (Å²) in [6.45, 7) is 0.167. The average molecular weight is 364 g/mol. The zero-order valence-corrected chi connectivity index (χ0v) is 14.9. The lowest BCUT2D eigenvalue weighted by Gasteiger charge is -2.09. The molecule has 0 fully saturated rings. The first-order valence-corrected chi connectivity index (χ1v) is 8.41. The number of nitrogens with two attached hydrogens (primary N) is 1. The molecule has 0 radical (unpaired) electrons. The highest BCUT2D eigenvalue weighted by Crippen LogP contribution is 2.22. The summed E-state index contributed by atoms with van der Waals surface area (Å²) in [6, 6.07) is 18.5. The quantitative estimate of drug-likeness (QED) is 0.674. The highest BCUT2D eigenvalue weighted by molar-refractivity contribution is 5.94. The number of amides is 2. The number of rotatable bonds is 7. The molecule has 0 bridgehead atoms. The van der Waals surface area contributed by atoms with Crippen LogP contribution in [-0.4, -0.2) is 25.5 Å². The molecule has 0 aliphatic rings. The van der Waals surface area contributed by atoms with Crippen LogP contribution in [0.25, 0.3) is 10.8 Å². The Labute approximate surface area is 156 Å². The van der Waals surface area contributed by atoms with E-state index in [0.29, 0.717) is 17.9 Å². The first-order chi connectivity index (χ1) is 13.0. The fraction of sp³-hybridized carbons (Fsp3) is 0.143. The molecule has 2 amide bonds. The third kappa shape index (κ3) is 4.76. The first-order valence-electron chi connectivity index (χ1n) is 8.41. The van der Waals surface area contributed by atoms with Crippen molar-refractivity contribution in [2.45, 2.75) is 6.54 Å². The lowest BCUT2D eigenvalue weighted by Crippen LogP contribution is -2.23. The van der Waals surface area contributed by atoms with E-state index >= 15 is 0 Å². The van der Waals surface area contributed by atoms with Crippen molar-refractivity contribution in [2.24, 2.45) is 5.73 Å². The lowest BCUT2D eigenvalue weighted by molar-refractivity contribution is -0.119. The Hall–Kier alpha value is -3.54. The Morgan fingerprint density at radius 1 is 0.963 bits per heavy atom. The van der Waals surface area contributed by atoms with E-state index in [4.69, 9.17) is 15.2 Å². The van der Waals surface area contributed by atoms with Crippen LogP contribution < -0.4 is 20.5 Å². The van der Waals surface area contributed by atoms with E-state index in [2.05, 4.69) is 5.32 Å². The van der Waals surface area contributed by atoms with Gasteiger partial charge in [-0.15, -0.1) is 0 Å². The standard InChI is InChI=1S/C21H20N2O4/c1-26-18-8-7-15-9-14(5-6-16(15)10-18)12-23-21(25)17-3-2-4-19(11-17)27-13-20(22)24/h2-11H,12-13H2,1H3,(H2,22,24)(H,23,25). The molecule has 0 aromatic heterocycles. The zero-order valence-electron chi connectivity index (χ0n) is 14.9. The maximum absolute atomic E-state index is 12.4. The van der Waals surface area contributed by atoms with Gasteiger partial charge in [0.15, 0.2) is 6.61 Å². The highest BCUT2D eigenvalue weighted by Gasteiger charge is 2.08. The van der Waals surface area contributed by atoms with Gasteiger partial charge in [-0.05, 0) is 52.7 Å². The molecule has 3 N–H and O–H groups in total. The van der Waals surface area contributed by atoms with E-state index in [1.54, 1.807) is 31.4 Å². The van der Waals surface area contributed by atoms with E-state index in [1.807, 2.05) is 36.4 Å². The van der Waals surface area contributed by atoms with Gasteiger partial charge in [0.1, 0.15) is 11.5 Å². The second-order valence-corrected chi connectivity index (χ2v) is 6.01. The zero-order chi connectivity index (χ0) is 19.2. The molecule has 3 rings (SSSR count). The summed E-state index contributed by atoms with van der Waals surface area (Å²) >= 11 is 0. The Kier molecular flexibility index (Phi) is 5.56. The summed E-state index contributed by atoms with van der Waals surface area (Å²) in [5.41, 5.74) is 6.49. The van der Waals surface area contributed by atoms with Crippen LogP contribution in [0.4, 0.5) is 0 Å². The molecule has 6 heteroatoms. The van der Waals surface area contributed by atoms with Gasteiger partial charge in [-0.2, -0.15) is 0 Å². The Bertz CT molecular complexity index is 985. The van der Waals surface area contributed by atoms with Gasteiger partial charge in [0.2, 0.25) is 0 Å². The molecule has 3 aromatic rings. The summed E-state index contributed by atoms with van der Waals surface area (Å²) in [4.78, 5) is 23.2. The molecule has 27 heavy (non-hydrogen) atoms. The molecule has 0 spiro atoms. The van der Waals surface area contributed by atoms with Crippen molar-refractivity contribution >= 4 is 22.6 Å². The van der Waals surface area contributed by atoms with Crippen LogP contribution in [0.15, 0.2) is 60.7 Å². The summed E-state index contributed by atoms with van der Waals surface area (Å²) in [5, 5.41) is 5.03. The third-order valence-electron chi connectivity index (χ3n) is 4.04. The number of nitrogens with one attached hydrogen (secondary N) is 1. The van der Waals surface area contributed by atoms with Gasteiger partial charge in [0.05, 0.1) is 7.11 Å². The van der Waals surface area contributed by atoms with Crippen molar-refractivity contribution in [1.29, 1.82) is 0 Å². The van der Waals surface area contributed by atoms with Crippen LogP contribution in [0.1, 0.15) is 15.9 Å². The van der Waals surface area contributed by atoms with Gasteiger partial charge in [-0.25, -0.2) is 0 Å². The summed E-state index contributed by atoms with van der Waals surface area (Å²) in [5.74, 6) is 0.427. The Balaban J connectivity index is 1.65. The molecule has 0 heterocycles. The van der Waals surface area contributed by atoms with E-state index < -0.39 is 5.91 Å². The highest BCUT2D eigenvalue weighted by atomic mass is 16.5. The first kappa shape index (κ1) is 18.3. The van der Waals surface area contributed by atoms with Crippen molar-refractivity contribution in [3.63, 3.8) is 0 Å². The SMILES string of the molecule is COc1ccc2cc(CNC(=O)c3cccc(OCC(N)=O)c3)ccc2c1. The van der Waals surface area contributed by atoms with Crippen LogP contribution in [0.2, 0.25) is 0 Å². The predicted molar refractivity (Wildman–Crippen MR) is 103 cm³/mol. The number of hydrogen-bond donors (Lipinski definition) is 2. The van der Waals surface area contributed by atoms with Gasteiger partial charge in [0.25, 0.3) is 11.8 Å². The molecule has 6 nitrogen and oxygen atoms in total. The Morgan fingerprint density at radius 2 is 1.74 bits per heavy atom. The lowest BCUT2D eigenvalue weighted by atomic mass is 10.1. The molecule has 138 valence electrons. The van der Waals surface area contributed by atoms with Crippen LogP contribution in [-0.2, 0) is 11.3 Å². The summed E-state index contributed by atoms with van der Waals surface area (Å²) in [7, 11) is 1.64. The number of hydrogen-bond acceptors (Lipinski definition) is 4. The Morgan fingerprint density at radius 3 is 2.52 bits per heavy atom. The van der Waals surface area contributed by atoms with Crippen molar-refractivity contribution in [2.75, 3.05) is 13.7 Å². The minimum Gasteiger partial charge on any atom is -0.497 e. The molecule has 0 saturated carbocycles. The fourth-order valence-corrected chi connectivity index (χ4v) is 2.68. The number of primary amides is 1. The van der Waals surface area contributed by atoms with E-state index in [1.165, 1.54) is 0 Å². The van der Waals surface area contributed by atoms with Crippen molar-refractivity contribution in [3.8, 4) is 11.5 Å². The molecule has 0 aliphatic carbocycles. The number of benzene rings is 3. The second-order valence-electron chi connectivity index (χ2n) is 6.01. The van der Waals surface area contributed by atoms with Gasteiger partial charge in [0, 0.05) is 12.1 Å². The summed E-state index contributed by atoms with van der Waals surface area (Å²) < 4.78 is 10.5. The van der Waals surface area contributed by atoms with E-state index in [-0.39, 0.29) is 12.5 Å². The smallest absolute Gasteiger partial charge is 0.255 e. The summed E-state index contributed by atoms with van der Waals surface area (Å²) in [6.07, 6.45) is 0. The van der Waals surface area contributed by atoms with Crippen LogP contribution in [0.5, 0.6) is 11.5 Å². The van der Waals surface area contributed by atoms with Crippen LogP contribution >= 0.6 is 0 Å². The van der Waals surface area contributed by atoms with Gasteiger partial charge >= 0.3 is 0 Å². The van der Waals surface area contributed by atoms with Crippen LogP contribution in [0, 0.1) is 0 Å². The molecule has 0 aliphatic heterocycles.